The van der Waals surface area contributed by atoms with Gasteiger partial charge >= 0.3 is 6.03 Å². The molecule has 2 aliphatic rings. The first kappa shape index (κ1) is 21.0. The second-order valence-corrected chi connectivity index (χ2v) is 6.73. The van der Waals surface area contributed by atoms with Crippen LogP contribution in [-0.4, -0.2) is 55.5 Å². The van der Waals surface area contributed by atoms with Gasteiger partial charge in [-0.15, -0.1) is 0 Å². The van der Waals surface area contributed by atoms with Gasteiger partial charge in [0.15, 0.2) is 0 Å². The molecule has 0 N–H and O–H groups in total. The number of nitrogens with zero attached hydrogens (tertiary/aromatic N) is 3. The lowest BCUT2D eigenvalue weighted by Crippen LogP contribution is -2.39. The van der Waals surface area contributed by atoms with E-state index in [9.17, 15) is 19.2 Å². The van der Waals surface area contributed by atoms with E-state index >= 15 is 0 Å². The summed E-state index contributed by atoms with van der Waals surface area (Å²) in [5.41, 5.74) is -0.292. The third-order valence-corrected chi connectivity index (χ3v) is 4.92. The van der Waals surface area contributed by atoms with Gasteiger partial charge in [-0.25, -0.2) is 14.1 Å². The minimum Gasteiger partial charge on any atom is -0.461 e. The Morgan fingerprint density at radius 1 is 1.28 bits per heavy atom. The number of rotatable bonds is 8. The molecule has 0 spiro atoms. The second kappa shape index (κ2) is 9.20. The number of carbonyl (C=O) groups excluding carboxylic acids is 2. The highest BCUT2D eigenvalue weighted by molar-refractivity contribution is 6.21. The van der Waals surface area contributed by atoms with Gasteiger partial charge in [-0.05, 0) is 39.2 Å². The van der Waals surface area contributed by atoms with Crippen LogP contribution in [0, 0.1) is 17.1 Å². The molecule has 2 fully saturated rings. The van der Waals surface area contributed by atoms with Gasteiger partial charge in [-0.3, -0.25) is 4.79 Å². The lowest BCUT2D eigenvalue weighted by molar-refractivity contribution is -0.120. The van der Waals surface area contributed by atoms with E-state index in [2.05, 4.69) is 0 Å². The van der Waals surface area contributed by atoms with Crippen LogP contribution in [0.3, 0.4) is 0 Å². The summed E-state index contributed by atoms with van der Waals surface area (Å²) < 4.78 is 31.2. The van der Waals surface area contributed by atoms with Crippen LogP contribution in [0.1, 0.15) is 38.7 Å². The van der Waals surface area contributed by atoms with Crippen LogP contribution < -0.4 is 9.64 Å². The van der Waals surface area contributed by atoms with Crippen LogP contribution in [0.25, 0.3) is 0 Å². The first-order chi connectivity index (χ1) is 14.0. The van der Waals surface area contributed by atoms with Crippen molar-refractivity contribution in [3.63, 3.8) is 0 Å². The quantitative estimate of drug-likeness (QED) is 0.488. The van der Waals surface area contributed by atoms with E-state index in [0.717, 1.165) is 23.8 Å². The third kappa shape index (κ3) is 4.18. The fourth-order valence-electron chi connectivity index (χ4n) is 3.57. The number of imide groups is 1. The zero-order chi connectivity index (χ0) is 21.0. The lowest BCUT2D eigenvalue weighted by atomic mass is 10.0. The second-order valence-electron chi connectivity index (χ2n) is 6.73. The number of benzene rings is 1. The molecule has 0 saturated carbocycles. The summed E-state index contributed by atoms with van der Waals surface area (Å²) >= 11 is 0. The molecule has 0 aliphatic carbocycles. The molecule has 29 heavy (non-hydrogen) atoms. The number of fused-ring (bicyclic) bond motifs is 1. The Kier molecular flexibility index (Phi) is 6.67. The van der Waals surface area contributed by atoms with Crippen LogP contribution in [0.2, 0.25) is 0 Å². The standard InChI is InChI=1S/C20H24FN3O5/c1-3-27-12-18(28-4-2)29-17-10-16(14(21)9-13(17)11-22)24-19(25)15-7-5-6-8-23(15)20(24)26/h9-10,15,18H,3-8,12H2,1-2H3. The molecule has 1 aromatic carbocycles. The van der Waals surface area contributed by atoms with Gasteiger partial charge in [-0.2, -0.15) is 5.26 Å². The van der Waals surface area contributed by atoms with Crippen LogP contribution in [-0.2, 0) is 14.3 Å². The molecule has 9 heteroatoms. The number of nitriles is 1. The number of anilines is 1. The fourth-order valence-corrected chi connectivity index (χ4v) is 3.57. The topological polar surface area (TPSA) is 92.1 Å². The summed E-state index contributed by atoms with van der Waals surface area (Å²) in [6, 6.07) is 2.93. The zero-order valence-electron chi connectivity index (χ0n) is 16.5. The SMILES string of the molecule is CCOCC(OCC)Oc1cc(N2C(=O)C3CCCCN3C2=O)c(F)cc1C#N. The van der Waals surface area contributed by atoms with Gasteiger partial charge in [-0.1, -0.05) is 0 Å². The highest BCUT2D eigenvalue weighted by Gasteiger charge is 2.47. The molecule has 3 amide bonds. The van der Waals surface area contributed by atoms with Gasteiger partial charge in [0.2, 0.25) is 6.29 Å². The number of amides is 3. The maximum absolute atomic E-state index is 14.8. The van der Waals surface area contributed by atoms with Crippen molar-refractivity contribution in [1.29, 1.82) is 5.26 Å². The Labute approximate surface area is 168 Å². The van der Waals surface area contributed by atoms with E-state index < -0.39 is 30.1 Å². The molecule has 156 valence electrons. The summed E-state index contributed by atoms with van der Waals surface area (Å²) in [7, 11) is 0. The Hall–Kier alpha value is -2.70. The first-order valence-corrected chi connectivity index (χ1v) is 9.76. The highest BCUT2D eigenvalue weighted by Crippen LogP contribution is 2.35. The average molecular weight is 405 g/mol. The molecule has 8 nitrogen and oxygen atoms in total. The van der Waals surface area contributed by atoms with E-state index in [1.54, 1.807) is 6.92 Å². The van der Waals surface area contributed by atoms with Crippen LogP contribution in [0.15, 0.2) is 12.1 Å². The maximum Gasteiger partial charge on any atom is 0.332 e. The highest BCUT2D eigenvalue weighted by atomic mass is 19.1. The first-order valence-electron chi connectivity index (χ1n) is 9.76. The van der Waals surface area contributed by atoms with Crippen LogP contribution >= 0.6 is 0 Å². The number of urea groups is 1. The minimum atomic E-state index is -0.840. The Morgan fingerprint density at radius 3 is 2.72 bits per heavy atom. The van der Waals surface area contributed by atoms with Crippen molar-refractivity contribution in [2.24, 2.45) is 0 Å². The van der Waals surface area contributed by atoms with E-state index in [4.69, 9.17) is 14.2 Å². The number of ether oxygens (including phenoxy) is 3. The van der Waals surface area contributed by atoms with Gasteiger partial charge in [0.1, 0.15) is 30.3 Å². The summed E-state index contributed by atoms with van der Waals surface area (Å²) in [4.78, 5) is 27.8. The van der Waals surface area contributed by atoms with Crippen molar-refractivity contribution >= 4 is 17.6 Å². The smallest absolute Gasteiger partial charge is 0.332 e. The van der Waals surface area contributed by atoms with E-state index in [-0.39, 0.29) is 23.6 Å². The van der Waals surface area contributed by atoms with E-state index in [0.29, 0.717) is 26.2 Å². The Bertz CT molecular complexity index is 801. The molecule has 1 aromatic rings. The predicted molar refractivity (Wildman–Crippen MR) is 101 cm³/mol. The van der Waals surface area contributed by atoms with Crippen molar-refractivity contribution in [3.05, 3.63) is 23.5 Å². The Morgan fingerprint density at radius 2 is 2.07 bits per heavy atom. The average Bonchev–Trinajstić information content (AvgIpc) is 2.98. The molecule has 2 unspecified atom stereocenters. The number of carbonyl (C=O) groups is 2. The van der Waals surface area contributed by atoms with E-state index in [1.165, 1.54) is 11.0 Å². The lowest BCUT2D eigenvalue weighted by Gasteiger charge is -2.26. The molecular formula is C20H24FN3O5. The van der Waals surface area contributed by atoms with Crippen molar-refractivity contribution < 1.29 is 28.2 Å². The maximum atomic E-state index is 14.8. The van der Waals surface area contributed by atoms with Crippen molar-refractivity contribution in [2.75, 3.05) is 31.3 Å². The number of hydrogen-bond donors (Lipinski definition) is 0. The molecule has 2 aliphatic heterocycles. The minimum absolute atomic E-state index is 0.0209. The molecule has 2 atom stereocenters. The van der Waals surface area contributed by atoms with Gasteiger partial charge in [0, 0.05) is 25.8 Å². The Balaban J connectivity index is 1.94. The van der Waals surface area contributed by atoms with Crippen molar-refractivity contribution in [2.45, 2.75) is 45.4 Å². The predicted octanol–water partition coefficient (Wildman–Crippen LogP) is 2.80. The monoisotopic (exact) mass is 405 g/mol. The fraction of sp³-hybridized carbons (Fsp3) is 0.550. The van der Waals surface area contributed by atoms with Crippen LogP contribution in [0.5, 0.6) is 5.75 Å². The molecule has 2 saturated heterocycles. The summed E-state index contributed by atoms with van der Waals surface area (Å²) in [5.74, 6) is -1.28. The molecular weight excluding hydrogens is 381 g/mol. The van der Waals surface area contributed by atoms with Crippen molar-refractivity contribution in [3.8, 4) is 11.8 Å². The van der Waals surface area contributed by atoms with Crippen molar-refractivity contribution in [1.82, 2.24) is 4.90 Å². The largest absolute Gasteiger partial charge is 0.461 e. The molecule has 0 bridgehead atoms. The zero-order valence-corrected chi connectivity index (χ0v) is 16.5. The number of halogens is 1. The van der Waals surface area contributed by atoms with Gasteiger partial charge in [0.05, 0.1) is 11.3 Å². The van der Waals surface area contributed by atoms with Gasteiger partial charge in [0.25, 0.3) is 5.91 Å². The number of hydrogen-bond acceptors (Lipinski definition) is 6. The summed E-state index contributed by atoms with van der Waals surface area (Å²) in [6.45, 7) is 4.96. The third-order valence-electron chi connectivity index (χ3n) is 4.92. The molecule has 2 heterocycles. The van der Waals surface area contributed by atoms with E-state index in [1.807, 2.05) is 13.0 Å². The number of piperidine rings is 1. The molecule has 3 rings (SSSR count). The normalized spacial score (nSPS) is 19.9. The molecule has 0 aromatic heterocycles. The van der Waals surface area contributed by atoms with Gasteiger partial charge < -0.3 is 19.1 Å². The van der Waals surface area contributed by atoms with Crippen LogP contribution in [0.4, 0.5) is 14.9 Å². The molecule has 0 radical (unpaired) electrons. The summed E-state index contributed by atoms with van der Waals surface area (Å²) in [6.07, 6.45) is 1.39. The summed E-state index contributed by atoms with van der Waals surface area (Å²) in [5, 5.41) is 9.37.